The molecule has 2 nitrogen and oxygen atoms in total. The number of nitrogens with zero attached hydrogens (tertiary/aromatic N) is 2. The second-order valence-electron chi connectivity index (χ2n) is 7.44. The van der Waals surface area contributed by atoms with Crippen LogP contribution >= 0.6 is 0 Å². The summed E-state index contributed by atoms with van der Waals surface area (Å²) in [6, 6.07) is 0. The first kappa shape index (κ1) is 19.2. The highest BCUT2D eigenvalue weighted by atomic mass is 15.1. The lowest BCUT2D eigenvalue weighted by molar-refractivity contribution is 1.05. The second-order valence-corrected chi connectivity index (χ2v) is 7.44. The van der Waals surface area contributed by atoms with Crippen LogP contribution in [0.2, 0.25) is 0 Å². The van der Waals surface area contributed by atoms with Crippen molar-refractivity contribution in [2.75, 3.05) is 19.0 Å². The summed E-state index contributed by atoms with van der Waals surface area (Å²) in [7, 11) is 4.25. The van der Waals surface area contributed by atoms with Crippen molar-refractivity contribution in [3.05, 3.63) is 55.9 Å². The SMILES string of the molecule is Cc1nc(C)c(C)c(C=Cc2c(C)c(C)c(N(C)C)c(C)c2C)c1C. The van der Waals surface area contributed by atoms with Gasteiger partial charge in [0.15, 0.2) is 0 Å². The van der Waals surface area contributed by atoms with Crippen LogP contribution in [-0.4, -0.2) is 19.1 Å². The lowest BCUT2D eigenvalue weighted by atomic mass is 9.90. The largest absolute Gasteiger partial charge is 0.377 e. The van der Waals surface area contributed by atoms with Gasteiger partial charge >= 0.3 is 0 Å². The number of hydrogen-bond donors (Lipinski definition) is 0. The first-order chi connectivity index (χ1) is 11.6. The number of benzene rings is 1. The maximum Gasteiger partial charge on any atom is 0.0426 e. The van der Waals surface area contributed by atoms with Crippen LogP contribution < -0.4 is 4.90 Å². The van der Waals surface area contributed by atoms with Gasteiger partial charge in [0.1, 0.15) is 0 Å². The Kier molecular flexibility index (Phi) is 5.41. The van der Waals surface area contributed by atoms with Crippen LogP contribution in [0.4, 0.5) is 5.69 Å². The maximum absolute atomic E-state index is 4.64. The van der Waals surface area contributed by atoms with E-state index in [0.717, 1.165) is 11.4 Å². The van der Waals surface area contributed by atoms with E-state index in [0.29, 0.717) is 0 Å². The molecule has 0 aliphatic carbocycles. The van der Waals surface area contributed by atoms with E-state index in [2.05, 4.69) is 91.5 Å². The molecule has 0 fully saturated rings. The molecule has 0 amide bonds. The van der Waals surface area contributed by atoms with Gasteiger partial charge in [0.25, 0.3) is 0 Å². The van der Waals surface area contributed by atoms with Gasteiger partial charge < -0.3 is 4.90 Å². The van der Waals surface area contributed by atoms with E-state index in [9.17, 15) is 0 Å². The van der Waals surface area contributed by atoms with Crippen molar-refractivity contribution in [1.29, 1.82) is 0 Å². The lowest BCUT2D eigenvalue weighted by Crippen LogP contribution is -2.14. The van der Waals surface area contributed by atoms with Crippen molar-refractivity contribution in [3.63, 3.8) is 0 Å². The summed E-state index contributed by atoms with van der Waals surface area (Å²) >= 11 is 0. The zero-order valence-corrected chi connectivity index (χ0v) is 17.5. The summed E-state index contributed by atoms with van der Waals surface area (Å²) in [5.74, 6) is 0. The number of aryl methyl sites for hydroxylation is 2. The van der Waals surface area contributed by atoms with Crippen LogP contribution in [0, 0.1) is 55.4 Å². The fourth-order valence-electron chi connectivity index (χ4n) is 3.75. The third-order valence-corrected chi connectivity index (χ3v) is 5.74. The molecule has 2 heteroatoms. The first-order valence-corrected chi connectivity index (χ1v) is 8.98. The predicted molar refractivity (Wildman–Crippen MR) is 112 cm³/mol. The molecule has 0 unspecified atom stereocenters. The Morgan fingerprint density at radius 3 is 1.28 bits per heavy atom. The number of hydrogen-bond acceptors (Lipinski definition) is 2. The minimum Gasteiger partial charge on any atom is -0.377 e. The molecular formula is C23H32N2. The molecule has 0 aliphatic heterocycles. The molecule has 0 N–H and O–H groups in total. The molecule has 1 aromatic carbocycles. The quantitative estimate of drug-likeness (QED) is 0.705. The summed E-state index contributed by atoms with van der Waals surface area (Å²) in [5, 5.41) is 0. The third kappa shape index (κ3) is 3.35. The molecule has 0 aliphatic rings. The molecular weight excluding hydrogens is 304 g/mol. The first-order valence-electron chi connectivity index (χ1n) is 8.98. The molecule has 25 heavy (non-hydrogen) atoms. The average molecular weight is 337 g/mol. The van der Waals surface area contributed by atoms with Gasteiger partial charge in [0.2, 0.25) is 0 Å². The molecule has 1 heterocycles. The van der Waals surface area contributed by atoms with E-state index in [1.165, 1.54) is 50.2 Å². The van der Waals surface area contributed by atoms with E-state index in [-0.39, 0.29) is 0 Å². The lowest BCUT2D eigenvalue weighted by Gasteiger charge is -2.24. The number of rotatable bonds is 3. The highest BCUT2D eigenvalue weighted by Crippen LogP contribution is 2.33. The minimum atomic E-state index is 1.12. The zero-order valence-electron chi connectivity index (χ0n) is 17.5. The second kappa shape index (κ2) is 7.03. The number of aromatic nitrogens is 1. The van der Waals surface area contributed by atoms with Crippen molar-refractivity contribution < 1.29 is 0 Å². The summed E-state index contributed by atoms with van der Waals surface area (Å²) in [6.45, 7) is 17.4. The molecule has 2 aromatic rings. The molecule has 2 rings (SSSR count). The van der Waals surface area contributed by atoms with Crippen molar-refractivity contribution in [3.8, 4) is 0 Å². The zero-order chi connectivity index (χ0) is 19.0. The molecule has 0 saturated heterocycles. The summed E-state index contributed by atoms with van der Waals surface area (Å²) in [6.07, 6.45) is 4.56. The van der Waals surface area contributed by atoms with Gasteiger partial charge in [-0.2, -0.15) is 0 Å². The Labute approximate surface area is 153 Å². The topological polar surface area (TPSA) is 16.1 Å². The molecule has 0 atom stereocenters. The Morgan fingerprint density at radius 2 is 0.920 bits per heavy atom. The Morgan fingerprint density at radius 1 is 0.560 bits per heavy atom. The third-order valence-electron chi connectivity index (χ3n) is 5.74. The Bertz CT molecular complexity index is 800. The van der Waals surface area contributed by atoms with Gasteiger partial charge in [-0.25, -0.2) is 0 Å². The summed E-state index contributed by atoms with van der Waals surface area (Å²) in [4.78, 5) is 6.87. The molecule has 0 saturated carbocycles. The van der Waals surface area contributed by atoms with Crippen molar-refractivity contribution in [2.45, 2.75) is 55.4 Å². The molecule has 134 valence electrons. The van der Waals surface area contributed by atoms with Gasteiger partial charge in [0.05, 0.1) is 0 Å². The van der Waals surface area contributed by atoms with Crippen molar-refractivity contribution >= 4 is 17.8 Å². The van der Waals surface area contributed by atoms with Gasteiger partial charge in [-0.15, -0.1) is 0 Å². The van der Waals surface area contributed by atoms with Crippen molar-refractivity contribution in [2.24, 2.45) is 0 Å². The fraction of sp³-hybridized carbons (Fsp3) is 0.435. The Balaban J connectivity index is 2.65. The van der Waals surface area contributed by atoms with Gasteiger partial charge in [0, 0.05) is 31.2 Å². The monoisotopic (exact) mass is 336 g/mol. The van der Waals surface area contributed by atoms with Crippen LogP contribution in [-0.2, 0) is 0 Å². The minimum absolute atomic E-state index is 1.12. The van der Waals surface area contributed by atoms with E-state index in [1.807, 2.05) is 0 Å². The molecule has 0 radical (unpaired) electrons. The van der Waals surface area contributed by atoms with Crippen molar-refractivity contribution in [1.82, 2.24) is 4.98 Å². The molecule has 0 spiro atoms. The molecule has 0 bridgehead atoms. The fourth-order valence-corrected chi connectivity index (χ4v) is 3.75. The maximum atomic E-state index is 4.64. The predicted octanol–water partition coefficient (Wildman–Crippen LogP) is 5.79. The van der Waals surface area contributed by atoms with Crippen LogP contribution in [0.3, 0.4) is 0 Å². The van der Waals surface area contributed by atoms with Gasteiger partial charge in [-0.3, -0.25) is 4.98 Å². The van der Waals surface area contributed by atoms with Crippen LogP contribution in [0.5, 0.6) is 0 Å². The highest BCUT2D eigenvalue weighted by molar-refractivity contribution is 5.79. The standard InChI is InChI=1S/C23H32N2/c1-13-15(3)23(25(9)10)16(4)14(2)21(13)11-12-22-17(5)19(7)24-20(8)18(22)6/h11-12H,1-10H3. The summed E-state index contributed by atoms with van der Waals surface area (Å²) < 4.78 is 0. The smallest absolute Gasteiger partial charge is 0.0426 e. The van der Waals surface area contributed by atoms with Crippen LogP contribution in [0.25, 0.3) is 12.2 Å². The van der Waals surface area contributed by atoms with Crippen LogP contribution in [0.15, 0.2) is 0 Å². The van der Waals surface area contributed by atoms with E-state index in [1.54, 1.807) is 0 Å². The van der Waals surface area contributed by atoms with E-state index in [4.69, 9.17) is 0 Å². The normalized spacial score (nSPS) is 11.4. The molecule has 1 aromatic heterocycles. The Hall–Kier alpha value is -2.09. The average Bonchev–Trinajstić information content (AvgIpc) is 2.53. The van der Waals surface area contributed by atoms with Gasteiger partial charge in [-0.05, 0) is 99.9 Å². The summed E-state index contributed by atoms with van der Waals surface area (Å²) in [5.41, 5.74) is 14.2. The van der Waals surface area contributed by atoms with E-state index >= 15 is 0 Å². The highest BCUT2D eigenvalue weighted by Gasteiger charge is 2.15. The van der Waals surface area contributed by atoms with E-state index < -0.39 is 0 Å². The van der Waals surface area contributed by atoms with Gasteiger partial charge in [-0.1, -0.05) is 12.2 Å². The number of anilines is 1. The van der Waals surface area contributed by atoms with Crippen LogP contribution in [0.1, 0.15) is 55.9 Å². The number of pyridine rings is 1.